The number of pyridine rings is 1. The fraction of sp³-hybridized carbons (Fsp3) is 0.571. The van der Waals surface area contributed by atoms with E-state index in [1.165, 1.54) is 25.7 Å². The molecule has 0 saturated heterocycles. The molecule has 1 heterocycles. The molecule has 0 radical (unpaired) electrons. The highest BCUT2D eigenvalue weighted by Gasteiger charge is 2.16. The standard InChI is InChI=1S/C14H20N2O2/c1-18-13-10-11(8-9-15-13)14(17)16-12-6-4-2-3-5-7-12/h8-10,12H,2-7H2,1H3,(H,16,17). The van der Waals surface area contributed by atoms with Crippen LogP contribution in [0.3, 0.4) is 0 Å². The summed E-state index contributed by atoms with van der Waals surface area (Å²) in [5.41, 5.74) is 0.617. The fourth-order valence-corrected chi connectivity index (χ4v) is 2.35. The van der Waals surface area contributed by atoms with Crippen LogP contribution in [0.4, 0.5) is 0 Å². The van der Waals surface area contributed by atoms with Crippen LogP contribution in [0.1, 0.15) is 48.9 Å². The van der Waals surface area contributed by atoms with E-state index in [0.717, 1.165) is 12.8 Å². The van der Waals surface area contributed by atoms with Gasteiger partial charge >= 0.3 is 0 Å². The summed E-state index contributed by atoms with van der Waals surface area (Å²) < 4.78 is 5.02. The van der Waals surface area contributed by atoms with Crippen molar-refractivity contribution >= 4 is 5.91 Å². The van der Waals surface area contributed by atoms with E-state index in [4.69, 9.17) is 4.74 Å². The minimum absolute atomic E-state index is 0.0254. The Kier molecular flexibility index (Phi) is 4.56. The number of methoxy groups -OCH3 is 1. The average Bonchev–Trinajstić information content (AvgIpc) is 2.67. The van der Waals surface area contributed by atoms with Crippen molar-refractivity contribution in [3.63, 3.8) is 0 Å². The Hall–Kier alpha value is -1.58. The Morgan fingerprint density at radius 1 is 1.33 bits per heavy atom. The normalized spacial score (nSPS) is 16.9. The largest absolute Gasteiger partial charge is 0.481 e. The third-order valence-corrected chi connectivity index (χ3v) is 3.40. The molecule has 0 atom stereocenters. The van der Waals surface area contributed by atoms with Crippen molar-refractivity contribution < 1.29 is 9.53 Å². The molecule has 0 unspecified atom stereocenters. The number of hydrogen-bond donors (Lipinski definition) is 1. The summed E-state index contributed by atoms with van der Waals surface area (Å²) in [7, 11) is 1.55. The maximum Gasteiger partial charge on any atom is 0.251 e. The van der Waals surface area contributed by atoms with E-state index in [0.29, 0.717) is 17.5 Å². The van der Waals surface area contributed by atoms with Gasteiger partial charge in [-0.05, 0) is 18.9 Å². The lowest BCUT2D eigenvalue weighted by atomic mass is 10.1. The van der Waals surface area contributed by atoms with Crippen LogP contribution < -0.4 is 10.1 Å². The van der Waals surface area contributed by atoms with Gasteiger partial charge in [0.25, 0.3) is 5.91 Å². The third-order valence-electron chi connectivity index (χ3n) is 3.40. The summed E-state index contributed by atoms with van der Waals surface area (Å²) in [4.78, 5) is 16.1. The van der Waals surface area contributed by atoms with E-state index in [-0.39, 0.29) is 5.91 Å². The highest BCUT2D eigenvalue weighted by Crippen LogP contribution is 2.18. The van der Waals surface area contributed by atoms with Gasteiger partial charge < -0.3 is 10.1 Å². The Labute approximate surface area is 108 Å². The van der Waals surface area contributed by atoms with Gasteiger partial charge in [-0.2, -0.15) is 0 Å². The lowest BCUT2D eigenvalue weighted by Gasteiger charge is -2.16. The van der Waals surface area contributed by atoms with Gasteiger partial charge in [0, 0.05) is 23.9 Å². The van der Waals surface area contributed by atoms with Gasteiger partial charge in [-0.1, -0.05) is 25.7 Å². The zero-order chi connectivity index (χ0) is 12.8. The minimum atomic E-state index is -0.0254. The second-order valence-electron chi connectivity index (χ2n) is 4.75. The summed E-state index contributed by atoms with van der Waals surface area (Å²) >= 11 is 0. The van der Waals surface area contributed by atoms with Crippen LogP contribution in [-0.4, -0.2) is 24.0 Å². The number of nitrogens with one attached hydrogen (secondary N) is 1. The Morgan fingerprint density at radius 2 is 2.06 bits per heavy atom. The van der Waals surface area contributed by atoms with Crippen LogP contribution >= 0.6 is 0 Å². The second kappa shape index (κ2) is 6.38. The van der Waals surface area contributed by atoms with Gasteiger partial charge in [-0.25, -0.2) is 4.98 Å². The van der Waals surface area contributed by atoms with Gasteiger partial charge in [0.2, 0.25) is 5.88 Å². The van der Waals surface area contributed by atoms with Gasteiger partial charge in [-0.15, -0.1) is 0 Å². The zero-order valence-corrected chi connectivity index (χ0v) is 10.8. The number of carbonyl (C=O) groups excluding carboxylic acids is 1. The van der Waals surface area contributed by atoms with Crippen molar-refractivity contribution in [2.45, 2.75) is 44.6 Å². The lowest BCUT2D eigenvalue weighted by Crippen LogP contribution is -2.34. The first-order valence-electron chi connectivity index (χ1n) is 6.60. The molecule has 0 aliphatic heterocycles. The van der Waals surface area contributed by atoms with E-state index in [2.05, 4.69) is 10.3 Å². The lowest BCUT2D eigenvalue weighted by molar-refractivity contribution is 0.0933. The van der Waals surface area contributed by atoms with Crippen LogP contribution in [0.5, 0.6) is 5.88 Å². The van der Waals surface area contributed by atoms with Gasteiger partial charge in [-0.3, -0.25) is 4.79 Å². The fourth-order valence-electron chi connectivity index (χ4n) is 2.35. The topological polar surface area (TPSA) is 51.2 Å². The monoisotopic (exact) mass is 248 g/mol. The zero-order valence-electron chi connectivity index (χ0n) is 10.8. The average molecular weight is 248 g/mol. The van der Waals surface area contributed by atoms with Crippen molar-refractivity contribution in [2.75, 3.05) is 7.11 Å². The van der Waals surface area contributed by atoms with Crippen LogP contribution in [0.15, 0.2) is 18.3 Å². The highest BCUT2D eigenvalue weighted by molar-refractivity contribution is 5.94. The van der Waals surface area contributed by atoms with E-state index >= 15 is 0 Å². The van der Waals surface area contributed by atoms with Crippen molar-refractivity contribution in [2.24, 2.45) is 0 Å². The number of nitrogens with zero attached hydrogens (tertiary/aromatic N) is 1. The second-order valence-corrected chi connectivity index (χ2v) is 4.75. The maximum absolute atomic E-state index is 12.1. The van der Waals surface area contributed by atoms with Crippen molar-refractivity contribution in [1.82, 2.24) is 10.3 Å². The van der Waals surface area contributed by atoms with Gasteiger partial charge in [0.05, 0.1) is 7.11 Å². The van der Waals surface area contributed by atoms with Crippen LogP contribution in [0.25, 0.3) is 0 Å². The molecule has 4 heteroatoms. The van der Waals surface area contributed by atoms with Crippen LogP contribution in [0, 0.1) is 0 Å². The van der Waals surface area contributed by atoms with E-state index in [9.17, 15) is 4.79 Å². The summed E-state index contributed by atoms with van der Waals surface area (Å²) in [5.74, 6) is 0.450. The number of aromatic nitrogens is 1. The highest BCUT2D eigenvalue weighted by atomic mass is 16.5. The number of carbonyl (C=O) groups is 1. The molecule has 1 aromatic heterocycles. The number of hydrogen-bond acceptors (Lipinski definition) is 3. The van der Waals surface area contributed by atoms with Crippen molar-refractivity contribution in [3.05, 3.63) is 23.9 Å². The first kappa shape index (κ1) is 12.9. The third kappa shape index (κ3) is 3.45. The molecule has 1 N–H and O–H groups in total. The first-order valence-corrected chi connectivity index (χ1v) is 6.60. The molecular formula is C14H20N2O2. The van der Waals surface area contributed by atoms with Crippen LogP contribution in [-0.2, 0) is 0 Å². The van der Waals surface area contributed by atoms with E-state index in [1.807, 2.05) is 0 Å². The molecule has 18 heavy (non-hydrogen) atoms. The SMILES string of the molecule is COc1cc(C(=O)NC2CCCCCC2)ccn1. The maximum atomic E-state index is 12.1. The smallest absolute Gasteiger partial charge is 0.251 e. The number of ether oxygens (including phenoxy) is 1. The quantitative estimate of drug-likeness (QED) is 0.836. The molecular weight excluding hydrogens is 228 g/mol. The van der Waals surface area contributed by atoms with E-state index < -0.39 is 0 Å². The predicted molar refractivity (Wildman–Crippen MR) is 69.7 cm³/mol. The molecule has 1 aromatic rings. The van der Waals surface area contributed by atoms with Crippen LogP contribution in [0.2, 0.25) is 0 Å². The molecule has 0 bridgehead atoms. The molecule has 0 spiro atoms. The molecule has 1 aliphatic carbocycles. The molecule has 98 valence electrons. The number of amides is 1. The minimum Gasteiger partial charge on any atom is -0.481 e. The van der Waals surface area contributed by atoms with Crippen molar-refractivity contribution in [1.29, 1.82) is 0 Å². The molecule has 1 fully saturated rings. The summed E-state index contributed by atoms with van der Waals surface area (Å²) in [6, 6.07) is 3.71. The number of rotatable bonds is 3. The van der Waals surface area contributed by atoms with Gasteiger partial charge in [0.1, 0.15) is 0 Å². The first-order chi connectivity index (χ1) is 8.79. The van der Waals surface area contributed by atoms with E-state index in [1.54, 1.807) is 25.4 Å². The molecule has 1 aliphatic rings. The molecule has 2 rings (SSSR count). The Balaban J connectivity index is 1.97. The Morgan fingerprint density at radius 3 is 2.72 bits per heavy atom. The molecule has 1 amide bonds. The summed E-state index contributed by atoms with van der Waals surface area (Å²) in [6.45, 7) is 0. The molecule has 4 nitrogen and oxygen atoms in total. The van der Waals surface area contributed by atoms with Crippen molar-refractivity contribution in [3.8, 4) is 5.88 Å². The summed E-state index contributed by atoms with van der Waals surface area (Å²) in [6.07, 6.45) is 8.78. The Bertz CT molecular complexity index is 399. The predicted octanol–water partition coefficient (Wildman–Crippen LogP) is 2.54. The summed E-state index contributed by atoms with van der Waals surface area (Å²) in [5, 5.41) is 3.10. The molecule has 0 aromatic carbocycles. The van der Waals surface area contributed by atoms with Gasteiger partial charge in [0.15, 0.2) is 0 Å². The molecule has 1 saturated carbocycles.